The van der Waals surface area contributed by atoms with Gasteiger partial charge in [0.1, 0.15) is 11.5 Å². The normalized spacial score (nSPS) is 11.3. The molecular weight excluding hydrogens is 588 g/mol. The van der Waals surface area contributed by atoms with E-state index in [1.165, 1.54) is 0 Å². The van der Waals surface area contributed by atoms with Crippen LogP contribution in [0.4, 0.5) is 0 Å². The van der Waals surface area contributed by atoms with Crippen LogP contribution in [0.15, 0.2) is 57.7 Å². The molecule has 2 aromatic heterocycles. The van der Waals surface area contributed by atoms with Crippen LogP contribution in [-0.2, 0) is 38.8 Å². The van der Waals surface area contributed by atoms with Crippen LogP contribution in [0.2, 0.25) is 0 Å². The maximum Gasteiger partial charge on any atom is 0.129 e. The lowest BCUT2D eigenvalue weighted by atomic mass is 10.1. The number of hydrogen-bond acceptors (Lipinski definition) is 6. The first-order valence-electron chi connectivity index (χ1n) is 12.2. The van der Waals surface area contributed by atoms with Crippen LogP contribution in [-0.4, -0.2) is 40.2 Å². The fourth-order valence-electron chi connectivity index (χ4n) is 3.99. The third-order valence-corrected chi connectivity index (χ3v) is 7.34. The lowest BCUT2D eigenvalue weighted by Gasteiger charge is -2.03. The second kappa shape index (κ2) is 13.0. The van der Waals surface area contributed by atoms with Gasteiger partial charge in [-0.1, -0.05) is 35.4 Å². The van der Waals surface area contributed by atoms with Crippen molar-refractivity contribution in [3.8, 4) is 11.5 Å². The Morgan fingerprint density at radius 1 is 0.611 bits per heavy atom. The molecule has 0 fully saturated rings. The minimum absolute atomic E-state index is 0.253. The van der Waals surface area contributed by atoms with E-state index < -0.39 is 0 Å². The first-order chi connectivity index (χ1) is 17.5. The number of rotatable bonds is 13. The van der Waals surface area contributed by atoms with Crippen molar-refractivity contribution in [1.29, 1.82) is 0 Å². The van der Waals surface area contributed by atoms with Gasteiger partial charge in [-0.3, -0.25) is 9.36 Å². The molecule has 10 heteroatoms. The van der Waals surface area contributed by atoms with E-state index in [-0.39, 0.29) is 11.5 Å². The van der Waals surface area contributed by atoms with Gasteiger partial charge < -0.3 is 10.2 Å². The number of phenolic OH excluding ortho intramolecular Hbond substituents is 2. The van der Waals surface area contributed by atoms with E-state index in [1.807, 2.05) is 46.0 Å². The van der Waals surface area contributed by atoms with Crippen molar-refractivity contribution >= 4 is 31.9 Å². The molecule has 0 bridgehead atoms. The summed E-state index contributed by atoms with van der Waals surface area (Å²) in [5.41, 5.74) is 4.35. The van der Waals surface area contributed by atoms with Gasteiger partial charge in [-0.15, -0.1) is 10.2 Å². The third kappa shape index (κ3) is 7.89. The Bertz CT molecular complexity index is 1180. The highest BCUT2D eigenvalue weighted by Crippen LogP contribution is 2.25. The number of unbranched alkanes of at least 4 members (excludes halogenated alkanes) is 3. The van der Waals surface area contributed by atoms with E-state index in [2.05, 4.69) is 52.5 Å². The zero-order valence-corrected chi connectivity index (χ0v) is 23.2. The van der Waals surface area contributed by atoms with E-state index in [1.54, 1.807) is 12.1 Å². The second-order valence-corrected chi connectivity index (χ2v) is 10.6. The van der Waals surface area contributed by atoms with Crippen molar-refractivity contribution < 1.29 is 10.2 Å². The van der Waals surface area contributed by atoms with E-state index in [4.69, 9.17) is 0 Å². The Balaban J connectivity index is 1.09. The summed E-state index contributed by atoms with van der Waals surface area (Å²) in [6.07, 6.45) is 12.1. The lowest BCUT2D eigenvalue weighted by Crippen LogP contribution is -2.02. The van der Waals surface area contributed by atoms with Gasteiger partial charge in [0.25, 0.3) is 0 Å². The molecule has 190 valence electrons. The highest BCUT2D eigenvalue weighted by molar-refractivity contribution is 9.10. The van der Waals surface area contributed by atoms with E-state index in [0.717, 1.165) is 87.0 Å². The fourth-order valence-corrected chi connectivity index (χ4v) is 4.84. The SMILES string of the molecule is Oc1ccc(CCn2cc(CCCCCCc3cn(CCc4ccc(O)c(Br)c4)nn3)nn2)cc1Br. The number of nitrogens with zero attached hydrogens (tertiary/aromatic N) is 6. The monoisotopic (exact) mass is 616 g/mol. The summed E-state index contributed by atoms with van der Waals surface area (Å²) in [6.45, 7) is 1.52. The number of benzene rings is 2. The number of aromatic nitrogens is 6. The van der Waals surface area contributed by atoms with E-state index >= 15 is 0 Å². The number of aromatic hydroxyl groups is 2. The largest absolute Gasteiger partial charge is 0.507 e. The standard InChI is InChI=1S/C26H30Br2N6O2/c27-23-15-19(7-9-25(23)35)11-13-33-17-21(29-31-33)5-3-1-2-4-6-22-18-34(32-30-22)14-12-20-8-10-26(36)24(28)16-20/h7-10,15-18,35-36H,1-6,11-14H2. The fraction of sp³-hybridized carbons (Fsp3) is 0.385. The average Bonchev–Trinajstić information content (AvgIpc) is 3.52. The summed E-state index contributed by atoms with van der Waals surface area (Å²) in [6, 6.07) is 11.1. The third-order valence-electron chi connectivity index (χ3n) is 6.07. The molecule has 0 saturated carbocycles. The Hall–Kier alpha value is -2.72. The minimum Gasteiger partial charge on any atom is -0.507 e. The summed E-state index contributed by atoms with van der Waals surface area (Å²) < 4.78 is 5.20. The van der Waals surface area contributed by atoms with Gasteiger partial charge in [-0.2, -0.15) is 0 Å². The van der Waals surface area contributed by atoms with Crippen molar-refractivity contribution in [3.63, 3.8) is 0 Å². The van der Waals surface area contributed by atoms with Gasteiger partial charge in [0.15, 0.2) is 0 Å². The van der Waals surface area contributed by atoms with Crippen molar-refractivity contribution in [2.75, 3.05) is 0 Å². The molecule has 0 radical (unpaired) electrons. The molecule has 0 saturated heterocycles. The first kappa shape index (κ1) is 26.3. The molecule has 2 aromatic carbocycles. The zero-order valence-electron chi connectivity index (χ0n) is 20.0. The van der Waals surface area contributed by atoms with Crippen LogP contribution >= 0.6 is 31.9 Å². The zero-order chi connectivity index (χ0) is 25.3. The maximum atomic E-state index is 9.61. The molecule has 0 aliphatic heterocycles. The summed E-state index contributed by atoms with van der Waals surface area (Å²) in [4.78, 5) is 0. The Labute approximate surface area is 227 Å². The highest BCUT2D eigenvalue weighted by atomic mass is 79.9. The van der Waals surface area contributed by atoms with Crippen LogP contribution in [0.25, 0.3) is 0 Å². The van der Waals surface area contributed by atoms with Gasteiger partial charge >= 0.3 is 0 Å². The van der Waals surface area contributed by atoms with Crippen molar-refractivity contribution in [3.05, 3.63) is 80.3 Å². The molecule has 0 aliphatic carbocycles. The van der Waals surface area contributed by atoms with Crippen LogP contribution in [0.1, 0.15) is 48.2 Å². The molecule has 8 nitrogen and oxygen atoms in total. The van der Waals surface area contributed by atoms with Crippen molar-refractivity contribution in [2.45, 2.75) is 64.5 Å². The summed E-state index contributed by atoms with van der Waals surface area (Å²) in [5, 5.41) is 36.3. The molecule has 0 unspecified atom stereocenters. The van der Waals surface area contributed by atoms with Gasteiger partial charge in [0, 0.05) is 25.5 Å². The molecule has 36 heavy (non-hydrogen) atoms. The van der Waals surface area contributed by atoms with Crippen LogP contribution in [0.3, 0.4) is 0 Å². The van der Waals surface area contributed by atoms with Gasteiger partial charge in [0.2, 0.25) is 0 Å². The van der Waals surface area contributed by atoms with Crippen molar-refractivity contribution in [2.24, 2.45) is 0 Å². The van der Waals surface area contributed by atoms with Gasteiger partial charge in [0.05, 0.1) is 20.3 Å². The molecule has 2 heterocycles. The molecule has 4 rings (SSSR count). The lowest BCUT2D eigenvalue weighted by molar-refractivity contribution is 0.471. The predicted molar refractivity (Wildman–Crippen MR) is 145 cm³/mol. The Morgan fingerprint density at radius 2 is 1.06 bits per heavy atom. The first-order valence-corrected chi connectivity index (χ1v) is 13.8. The molecule has 0 amide bonds. The smallest absolute Gasteiger partial charge is 0.129 e. The van der Waals surface area contributed by atoms with E-state index in [9.17, 15) is 10.2 Å². The number of hydrogen-bond donors (Lipinski definition) is 2. The molecule has 0 aliphatic rings. The minimum atomic E-state index is 0.253. The molecular formula is C26H30Br2N6O2. The van der Waals surface area contributed by atoms with Crippen LogP contribution in [0.5, 0.6) is 11.5 Å². The second-order valence-electron chi connectivity index (χ2n) is 8.93. The highest BCUT2D eigenvalue weighted by Gasteiger charge is 2.06. The van der Waals surface area contributed by atoms with Gasteiger partial charge in [-0.25, -0.2) is 0 Å². The quantitative estimate of drug-likeness (QED) is 0.188. The summed E-state index contributed by atoms with van der Waals surface area (Å²) in [7, 11) is 0. The van der Waals surface area contributed by atoms with Gasteiger partial charge in [-0.05, 0) is 106 Å². The molecule has 2 N–H and O–H groups in total. The summed E-state index contributed by atoms with van der Waals surface area (Å²) >= 11 is 6.71. The Morgan fingerprint density at radius 3 is 1.47 bits per heavy atom. The predicted octanol–water partition coefficient (Wildman–Crippen LogP) is 5.64. The van der Waals surface area contributed by atoms with E-state index in [0.29, 0.717) is 8.95 Å². The average molecular weight is 618 g/mol. The number of halogens is 2. The molecule has 0 spiro atoms. The topological polar surface area (TPSA) is 102 Å². The Kier molecular flexibility index (Phi) is 9.52. The number of phenols is 2. The van der Waals surface area contributed by atoms with Crippen molar-refractivity contribution in [1.82, 2.24) is 30.0 Å². The maximum absolute atomic E-state index is 9.61. The molecule has 4 aromatic rings. The number of aryl methyl sites for hydroxylation is 6. The van der Waals surface area contributed by atoms with Crippen LogP contribution < -0.4 is 0 Å². The van der Waals surface area contributed by atoms with Crippen LogP contribution in [0, 0.1) is 0 Å². The molecule has 0 atom stereocenters. The summed E-state index contributed by atoms with van der Waals surface area (Å²) in [5.74, 6) is 0.507.